The fraction of sp³-hybridized carbons (Fsp3) is 1.00. The van der Waals surface area contributed by atoms with E-state index in [1.54, 1.807) is 0 Å². The number of hydrogen-bond acceptors (Lipinski definition) is 2. The quantitative estimate of drug-likeness (QED) is 0.800. The lowest BCUT2D eigenvalue weighted by Gasteiger charge is -2.38. The van der Waals surface area contributed by atoms with Gasteiger partial charge in [-0.25, -0.2) is 0 Å². The fourth-order valence-corrected chi connectivity index (χ4v) is 2.80. The van der Waals surface area contributed by atoms with Crippen molar-refractivity contribution in [1.82, 2.24) is 4.90 Å². The molecule has 2 N–H and O–H groups in total. The molecule has 2 heteroatoms. The first-order valence-electron chi connectivity index (χ1n) is 7.36. The van der Waals surface area contributed by atoms with Crippen LogP contribution in [0, 0.1) is 17.3 Å². The summed E-state index contributed by atoms with van der Waals surface area (Å²) in [6, 6.07) is 0. The summed E-state index contributed by atoms with van der Waals surface area (Å²) in [6.45, 7) is 14.1. The van der Waals surface area contributed by atoms with Crippen LogP contribution in [0.3, 0.4) is 0 Å². The van der Waals surface area contributed by atoms with Gasteiger partial charge < -0.3 is 10.6 Å². The Balaban J connectivity index is 2.15. The zero-order valence-corrected chi connectivity index (χ0v) is 12.3. The van der Waals surface area contributed by atoms with Crippen molar-refractivity contribution in [3.05, 3.63) is 0 Å². The Bertz CT molecular complexity index is 199. The summed E-state index contributed by atoms with van der Waals surface area (Å²) in [7, 11) is 0. The molecule has 2 nitrogen and oxygen atoms in total. The maximum Gasteiger partial charge on any atom is -0.00159 e. The van der Waals surface area contributed by atoms with E-state index in [4.69, 9.17) is 5.73 Å². The molecule has 0 aromatic heterocycles. The summed E-state index contributed by atoms with van der Waals surface area (Å²) in [5, 5.41) is 0. The fourth-order valence-electron chi connectivity index (χ4n) is 2.80. The first kappa shape index (κ1) is 15.0. The topological polar surface area (TPSA) is 29.3 Å². The molecule has 1 atom stereocenters. The molecule has 102 valence electrons. The first-order chi connectivity index (χ1) is 7.93. The minimum absolute atomic E-state index is 0.500. The van der Waals surface area contributed by atoms with Crippen LogP contribution >= 0.6 is 0 Å². The molecule has 1 rings (SSSR count). The minimum Gasteiger partial charge on any atom is -0.330 e. The Morgan fingerprint density at radius 2 is 1.82 bits per heavy atom. The Hall–Kier alpha value is -0.0800. The molecule has 1 aliphatic heterocycles. The van der Waals surface area contributed by atoms with E-state index in [2.05, 4.69) is 32.6 Å². The van der Waals surface area contributed by atoms with Crippen molar-refractivity contribution in [3.8, 4) is 0 Å². The average Bonchev–Trinajstić information content (AvgIpc) is 2.28. The summed E-state index contributed by atoms with van der Waals surface area (Å²) >= 11 is 0. The van der Waals surface area contributed by atoms with Gasteiger partial charge in [0.1, 0.15) is 0 Å². The average molecular weight is 240 g/mol. The third kappa shape index (κ3) is 5.39. The lowest BCUT2D eigenvalue weighted by atomic mass is 9.75. The van der Waals surface area contributed by atoms with E-state index in [1.165, 1.54) is 45.3 Å². The van der Waals surface area contributed by atoms with Crippen LogP contribution in [0.1, 0.15) is 53.4 Å². The number of hydrogen-bond donors (Lipinski definition) is 1. The van der Waals surface area contributed by atoms with Crippen LogP contribution in [-0.4, -0.2) is 31.1 Å². The molecule has 1 fully saturated rings. The van der Waals surface area contributed by atoms with Crippen LogP contribution < -0.4 is 5.73 Å². The highest BCUT2D eigenvalue weighted by molar-refractivity contribution is 4.80. The van der Waals surface area contributed by atoms with Crippen LogP contribution in [0.25, 0.3) is 0 Å². The van der Waals surface area contributed by atoms with Crippen molar-refractivity contribution < 1.29 is 0 Å². The van der Waals surface area contributed by atoms with Gasteiger partial charge in [0.15, 0.2) is 0 Å². The third-order valence-electron chi connectivity index (χ3n) is 4.39. The largest absolute Gasteiger partial charge is 0.330 e. The second-order valence-corrected chi connectivity index (χ2v) is 6.97. The van der Waals surface area contributed by atoms with Gasteiger partial charge in [-0.15, -0.1) is 0 Å². The summed E-state index contributed by atoms with van der Waals surface area (Å²) < 4.78 is 0. The zero-order valence-electron chi connectivity index (χ0n) is 12.3. The van der Waals surface area contributed by atoms with Gasteiger partial charge in [0, 0.05) is 0 Å². The van der Waals surface area contributed by atoms with Crippen LogP contribution in [0.4, 0.5) is 0 Å². The normalized spacial score (nSPS) is 21.7. The van der Waals surface area contributed by atoms with Crippen LogP contribution in [0.5, 0.6) is 0 Å². The molecule has 0 bridgehead atoms. The number of nitrogens with zero attached hydrogens (tertiary/aromatic N) is 1. The highest BCUT2D eigenvalue weighted by Gasteiger charge is 2.28. The number of likely N-dealkylation sites (tertiary alicyclic amines) is 1. The molecule has 0 saturated carbocycles. The van der Waals surface area contributed by atoms with Crippen molar-refractivity contribution in [2.45, 2.75) is 53.4 Å². The standard InChI is InChI=1S/C15H32N2/c1-13(12-16)6-5-9-17-10-7-14(8-11-17)15(2,3)4/h13-14H,5-12,16H2,1-4H3. The van der Waals surface area contributed by atoms with Crippen LogP contribution in [-0.2, 0) is 0 Å². The van der Waals surface area contributed by atoms with E-state index in [0.29, 0.717) is 11.3 Å². The zero-order chi connectivity index (χ0) is 12.9. The molecular weight excluding hydrogens is 208 g/mol. The molecule has 1 saturated heterocycles. The van der Waals surface area contributed by atoms with Gasteiger partial charge >= 0.3 is 0 Å². The first-order valence-corrected chi connectivity index (χ1v) is 7.36. The van der Waals surface area contributed by atoms with Crippen molar-refractivity contribution in [1.29, 1.82) is 0 Å². The molecular formula is C15H32N2. The van der Waals surface area contributed by atoms with Gasteiger partial charge in [-0.1, -0.05) is 27.7 Å². The molecule has 0 aliphatic carbocycles. The van der Waals surface area contributed by atoms with Crippen molar-refractivity contribution in [3.63, 3.8) is 0 Å². The maximum atomic E-state index is 5.64. The van der Waals surface area contributed by atoms with Gasteiger partial charge in [0.2, 0.25) is 0 Å². The molecule has 0 spiro atoms. The Morgan fingerprint density at radius 1 is 1.24 bits per heavy atom. The van der Waals surface area contributed by atoms with E-state index in [-0.39, 0.29) is 0 Å². The molecule has 1 aliphatic rings. The molecule has 1 unspecified atom stereocenters. The Labute approximate surface area is 108 Å². The van der Waals surface area contributed by atoms with E-state index in [0.717, 1.165) is 12.5 Å². The summed E-state index contributed by atoms with van der Waals surface area (Å²) in [5.41, 5.74) is 6.14. The molecule has 1 heterocycles. The molecule has 17 heavy (non-hydrogen) atoms. The second-order valence-electron chi connectivity index (χ2n) is 6.97. The smallest absolute Gasteiger partial charge is 0.00159 e. The van der Waals surface area contributed by atoms with Crippen LogP contribution in [0.15, 0.2) is 0 Å². The number of piperidine rings is 1. The lowest BCUT2D eigenvalue weighted by Crippen LogP contribution is -2.38. The highest BCUT2D eigenvalue weighted by atomic mass is 15.1. The lowest BCUT2D eigenvalue weighted by molar-refractivity contribution is 0.110. The summed E-state index contributed by atoms with van der Waals surface area (Å²) in [5.74, 6) is 1.61. The van der Waals surface area contributed by atoms with Crippen LogP contribution in [0.2, 0.25) is 0 Å². The van der Waals surface area contributed by atoms with Gasteiger partial charge in [0.25, 0.3) is 0 Å². The van der Waals surface area contributed by atoms with Crippen molar-refractivity contribution in [2.75, 3.05) is 26.2 Å². The van der Waals surface area contributed by atoms with Crippen molar-refractivity contribution in [2.24, 2.45) is 23.0 Å². The van der Waals surface area contributed by atoms with E-state index >= 15 is 0 Å². The molecule has 0 aromatic rings. The monoisotopic (exact) mass is 240 g/mol. The molecule has 0 radical (unpaired) electrons. The molecule has 0 aromatic carbocycles. The maximum absolute atomic E-state index is 5.64. The summed E-state index contributed by atoms with van der Waals surface area (Å²) in [4.78, 5) is 2.64. The summed E-state index contributed by atoms with van der Waals surface area (Å²) in [6.07, 6.45) is 5.38. The SMILES string of the molecule is CC(CN)CCCN1CCC(C(C)(C)C)CC1. The Morgan fingerprint density at radius 3 is 2.29 bits per heavy atom. The van der Waals surface area contributed by atoms with E-state index in [1.807, 2.05) is 0 Å². The number of nitrogens with two attached hydrogens (primary N) is 1. The van der Waals surface area contributed by atoms with Gasteiger partial charge in [0.05, 0.1) is 0 Å². The van der Waals surface area contributed by atoms with Gasteiger partial charge in [-0.05, 0) is 69.1 Å². The number of rotatable bonds is 5. The molecule has 0 amide bonds. The minimum atomic E-state index is 0.500. The Kier molecular flexibility index (Phi) is 5.94. The van der Waals surface area contributed by atoms with Gasteiger partial charge in [-0.3, -0.25) is 0 Å². The predicted octanol–water partition coefficient (Wildman–Crippen LogP) is 3.12. The predicted molar refractivity (Wildman–Crippen MR) is 76.1 cm³/mol. The van der Waals surface area contributed by atoms with Crippen molar-refractivity contribution >= 4 is 0 Å². The van der Waals surface area contributed by atoms with E-state index in [9.17, 15) is 0 Å². The highest BCUT2D eigenvalue weighted by Crippen LogP contribution is 2.34. The van der Waals surface area contributed by atoms with E-state index < -0.39 is 0 Å². The van der Waals surface area contributed by atoms with Gasteiger partial charge in [-0.2, -0.15) is 0 Å². The third-order valence-corrected chi connectivity index (χ3v) is 4.39. The second kappa shape index (κ2) is 6.75.